The molecule has 6 aromatic rings. The fourth-order valence-electron chi connectivity index (χ4n) is 8.76. The molecule has 4 aromatic carbocycles. The number of hydrogen-bond acceptors (Lipinski definition) is 13. The van der Waals surface area contributed by atoms with E-state index in [-0.39, 0.29) is 50.2 Å². The van der Waals surface area contributed by atoms with E-state index < -0.39 is 25.9 Å². The van der Waals surface area contributed by atoms with Gasteiger partial charge in [-0.25, -0.2) is 30.6 Å². The van der Waals surface area contributed by atoms with Gasteiger partial charge in [-0.2, -0.15) is 0 Å². The molecule has 2 aromatic heterocycles. The second-order valence-corrected chi connectivity index (χ2v) is 21.8. The Morgan fingerprint density at radius 1 is 0.701 bits per heavy atom. The number of carbonyl (C=O) groups excluding carboxylic acids is 2. The van der Waals surface area contributed by atoms with E-state index in [1.165, 1.54) is 77.5 Å². The Hall–Kier alpha value is -5.42. The van der Waals surface area contributed by atoms with Crippen LogP contribution in [0.25, 0.3) is 0 Å². The molecule has 358 valence electrons. The van der Waals surface area contributed by atoms with E-state index in [9.17, 15) is 35.2 Å². The molecule has 15 nitrogen and oxygen atoms in total. The molecule has 2 N–H and O–H groups in total. The van der Waals surface area contributed by atoms with Gasteiger partial charge in [0.2, 0.25) is 11.8 Å². The monoisotopic (exact) mass is 1040 g/mol. The highest BCUT2D eigenvalue weighted by Crippen LogP contribution is 2.39. The van der Waals surface area contributed by atoms with Crippen LogP contribution in [0.3, 0.4) is 0 Å². The molecule has 2 amide bonds. The van der Waals surface area contributed by atoms with Crippen molar-refractivity contribution in [1.82, 2.24) is 14.9 Å². The van der Waals surface area contributed by atoms with E-state index in [1.807, 2.05) is 4.90 Å². The van der Waals surface area contributed by atoms with Gasteiger partial charge < -0.3 is 19.6 Å². The number of amides is 2. The zero-order chi connectivity index (χ0) is 47.0. The molecule has 0 aliphatic carbocycles. The van der Waals surface area contributed by atoms with Crippen molar-refractivity contribution in [2.45, 2.75) is 41.1 Å². The maximum absolute atomic E-state index is 13.8. The molecule has 0 unspecified atom stereocenters. The Kier molecular flexibility index (Phi) is 13.4. The SMILES string of the molecule is O=C1[C@@H](N2CCN(c3ccc(F)cc3Cl)CC2)CCN1c1ccc(S(=O)(=O)Nc2nccs2)cc1.O=C1[C@@H](N2CCc3c2ccc(F)c3Cl)CCN1c1ccc(S(=O)(=O)Nc2cncs2)cc1.[HH].[HH].[HH].[HH]. The van der Waals surface area contributed by atoms with E-state index >= 15 is 0 Å². The highest BCUT2D eigenvalue weighted by molar-refractivity contribution is 7.93. The Morgan fingerprint density at radius 3 is 1.91 bits per heavy atom. The summed E-state index contributed by atoms with van der Waals surface area (Å²) in [7, 11) is -7.48. The Morgan fingerprint density at radius 2 is 1.31 bits per heavy atom. The number of carbonyl (C=O) groups is 2. The molecule has 67 heavy (non-hydrogen) atoms. The summed E-state index contributed by atoms with van der Waals surface area (Å²) in [6, 6.07) is 19.3. The van der Waals surface area contributed by atoms with E-state index in [0.29, 0.717) is 91.6 Å². The molecule has 0 bridgehead atoms. The number of nitrogens with zero attached hydrogens (tertiary/aromatic N) is 7. The maximum Gasteiger partial charge on any atom is 0.263 e. The van der Waals surface area contributed by atoms with Crippen molar-refractivity contribution in [2.75, 3.05) is 74.9 Å². The van der Waals surface area contributed by atoms with Crippen LogP contribution in [0.4, 0.5) is 41.7 Å². The van der Waals surface area contributed by atoms with Crippen LogP contribution in [-0.4, -0.2) is 101 Å². The van der Waals surface area contributed by atoms with Gasteiger partial charge in [-0.3, -0.25) is 28.9 Å². The zero-order valence-electron chi connectivity index (χ0n) is 35.3. The predicted molar refractivity (Wildman–Crippen MR) is 266 cm³/mol. The largest absolute Gasteiger partial charge is 0.368 e. The Bertz CT molecular complexity index is 3030. The number of piperazine rings is 1. The predicted octanol–water partition coefficient (Wildman–Crippen LogP) is 8.55. The molecular formula is C44H49Cl2F2N9O6S4. The lowest BCUT2D eigenvalue weighted by atomic mass is 10.1. The quantitative estimate of drug-likeness (QED) is 0.128. The second-order valence-electron chi connectivity index (χ2n) is 15.9. The molecule has 2 atom stereocenters. The molecular weight excluding hydrogens is 988 g/mol. The summed E-state index contributed by atoms with van der Waals surface area (Å²) in [5, 5.41) is 2.92. The van der Waals surface area contributed by atoms with E-state index in [4.69, 9.17) is 23.2 Å². The van der Waals surface area contributed by atoms with Gasteiger partial charge in [0.1, 0.15) is 22.7 Å². The minimum atomic E-state index is -3.75. The standard InChI is InChI=1S/C23H23ClFN5O3S2.C21H18ClFN4O3S2.4H2/c24-19-15-16(25)1-6-20(19)28-10-12-29(13-11-28)21-7-9-30(22(21)31)17-2-4-18(5-3-17)35(32,33)27-23-26-8-14-34-23;22-20-15-7-9-27(17(15)6-5-16(20)23)18-8-10-26(21(18)28)13-1-3-14(4-2-13)32(29,30)25-19-11-24-12-31-19;;;;/h1-6,8,14-15,21H,7,9-13H2,(H,26,27);1-6,11-12,18,25H,7-10H2;4*1H/t21-;18-;;;;/m00..../s1. The van der Waals surface area contributed by atoms with Crippen molar-refractivity contribution in [3.8, 4) is 0 Å². The topological polar surface area (TPSA) is 168 Å². The number of aromatic nitrogens is 2. The highest BCUT2D eigenvalue weighted by Gasteiger charge is 2.41. The number of halogens is 4. The summed E-state index contributed by atoms with van der Waals surface area (Å²) in [4.78, 5) is 44.0. The first-order valence-electron chi connectivity index (χ1n) is 21.0. The lowest BCUT2D eigenvalue weighted by molar-refractivity contribution is -0.121. The first-order chi connectivity index (χ1) is 32.2. The van der Waals surface area contributed by atoms with E-state index in [0.717, 1.165) is 16.9 Å². The third kappa shape index (κ3) is 9.81. The van der Waals surface area contributed by atoms with Crippen LogP contribution in [0, 0.1) is 11.6 Å². The smallest absolute Gasteiger partial charge is 0.263 e. The molecule has 3 fully saturated rings. The molecule has 10 rings (SSSR count). The van der Waals surface area contributed by atoms with Crippen molar-refractivity contribution in [1.29, 1.82) is 0 Å². The first kappa shape index (κ1) is 46.7. The fourth-order valence-corrected chi connectivity index (χ4v) is 12.9. The Balaban J connectivity index is 0.000000251. The van der Waals surface area contributed by atoms with Crippen molar-refractivity contribution < 1.29 is 40.9 Å². The number of anilines is 6. The van der Waals surface area contributed by atoms with Crippen molar-refractivity contribution in [2.24, 2.45) is 0 Å². The summed E-state index contributed by atoms with van der Waals surface area (Å²) in [5.74, 6) is -0.881. The van der Waals surface area contributed by atoms with Gasteiger partial charge in [-0.05, 0) is 104 Å². The van der Waals surface area contributed by atoms with Crippen LogP contribution in [-0.2, 0) is 36.1 Å². The molecule has 23 heteroatoms. The first-order valence-corrected chi connectivity index (χ1v) is 26.5. The van der Waals surface area contributed by atoms with Gasteiger partial charge in [0.15, 0.2) is 5.13 Å². The summed E-state index contributed by atoms with van der Waals surface area (Å²) in [6.45, 7) is 4.44. The molecule has 0 spiro atoms. The number of rotatable bonds is 11. The minimum absolute atomic E-state index is 0. The van der Waals surface area contributed by atoms with Gasteiger partial charge >= 0.3 is 0 Å². The normalized spacial score (nSPS) is 18.9. The van der Waals surface area contributed by atoms with Crippen molar-refractivity contribution in [3.63, 3.8) is 0 Å². The molecule has 4 aliphatic heterocycles. The third-order valence-corrected chi connectivity index (χ3v) is 17.1. The molecule has 4 aliphatic rings. The van der Waals surface area contributed by atoms with Crippen LogP contribution in [0.15, 0.2) is 112 Å². The number of fused-ring (bicyclic) bond motifs is 1. The minimum Gasteiger partial charge on any atom is -0.368 e. The Labute approximate surface area is 409 Å². The summed E-state index contributed by atoms with van der Waals surface area (Å²) >= 11 is 14.7. The van der Waals surface area contributed by atoms with Crippen LogP contribution in [0.1, 0.15) is 24.1 Å². The van der Waals surface area contributed by atoms with Gasteiger partial charge in [0, 0.05) is 80.2 Å². The molecule has 3 saturated heterocycles. The highest BCUT2D eigenvalue weighted by atomic mass is 35.5. The van der Waals surface area contributed by atoms with Crippen molar-refractivity contribution >= 4 is 111 Å². The lowest BCUT2D eigenvalue weighted by Gasteiger charge is -2.38. The molecule has 6 heterocycles. The van der Waals surface area contributed by atoms with Crippen molar-refractivity contribution in [3.05, 3.63) is 129 Å². The van der Waals surface area contributed by atoms with Crippen LogP contribution in [0.2, 0.25) is 10.0 Å². The third-order valence-electron chi connectivity index (χ3n) is 12.1. The van der Waals surface area contributed by atoms with Crippen LogP contribution < -0.4 is 29.0 Å². The van der Waals surface area contributed by atoms with Crippen LogP contribution >= 0.6 is 45.9 Å². The fraction of sp³-hybridized carbons (Fsp3) is 0.273. The van der Waals surface area contributed by atoms with E-state index in [2.05, 4.69) is 29.2 Å². The van der Waals surface area contributed by atoms with Crippen LogP contribution in [0.5, 0.6) is 0 Å². The zero-order valence-corrected chi connectivity index (χ0v) is 40.0. The lowest BCUT2D eigenvalue weighted by Crippen LogP contribution is -2.52. The van der Waals surface area contributed by atoms with Gasteiger partial charge in [0.05, 0.1) is 43.3 Å². The van der Waals surface area contributed by atoms with Gasteiger partial charge in [-0.15, -0.1) is 22.7 Å². The second kappa shape index (κ2) is 19.3. The maximum atomic E-state index is 13.8. The average Bonchev–Trinajstić information content (AvgIpc) is 4.19. The number of sulfonamides is 2. The van der Waals surface area contributed by atoms with Gasteiger partial charge in [0.25, 0.3) is 20.0 Å². The van der Waals surface area contributed by atoms with E-state index in [1.54, 1.807) is 57.1 Å². The molecule has 0 radical (unpaired) electrons. The number of benzene rings is 4. The number of nitrogens with one attached hydrogen (secondary N) is 2. The average molecular weight is 1040 g/mol. The number of thiazole rings is 2. The summed E-state index contributed by atoms with van der Waals surface area (Å²) in [5.41, 5.74) is 5.17. The summed E-state index contributed by atoms with van der Waals surface area (Å²) in [6.07, 6.45) is 4.87. The summed E-state index contributed by atoms with van der Waals surface area (Å²) < 4.78 is 82.3. The molecule has 0 saturated carbocycles. The van der Waals surface area contributed by atoms with Gasteiger partial charge in [-0.1, -0.05) is 23.2 Å². The number of hydrogen-bond donors (Lipinski definition) is 2.